The first-order valence-electron chi connectivity index (χ1n) is 7.49. The maximum atomic E-state index is 11.7. The van der Waals surface area contributed by atoms with Gasteiger partial charge in [-0.3, -0.25) is 0 Å². The highest BCUT2D eigenvalue weighted by Gasteiger charge is 2.09. The van der Waals surface area contributed by atoms with Crippen molar-refractivity contribution >= 4 is 51.4 Å². The smallest absolute Gasteiger partial charge is 0.338 e. The Kier molecular flexibility index (Phi) is 6.11. The first-order chi connectivity index (χ1) is 11.2. The van der Waals surface area contributed by atoms with Gasteiger partial charge in [-0.1, -0.05) is 6.92 Å². The zero-order valence-electron chi connectivity index (χ0n) is 13.4. The number of ether oxygens (including phenoxy) is 1. The quantitative estimate of drug-likeness (QED) is 0.671. The Hall–Kier alpha value is -2.18. The van der Waals surface area contributed by atoms with Crippen molar-refractivity contribution in [1.82, 2.24) is 9.97 Å². The van der Waals surface area contributed by atoms with Crippen LogP contribution in [0.15, 0.2) is 36.7 Å². The number of rotatable bonds is 5. The largest absolute Gasteiger partial charge is 0.462 e. The lowest BCUT2D eigenvalue weighted by molar-refractivity contribution is 0.0526. The summed E-state index contributed by atoms with van der Waals surface area (Å²) in [6.45, 7) is 4.29. The third-order valence-corrected chi connectivity index (χ3v) is 4.58. The fraction of sp³-hybridized carbons (Fsp3) is 0.235. The Morgan fingerprint density at radius 2 is 1.96 bits per heavy atom. The molecule has 0 aliphatic carbocycles. The first kappa shape index (κ1) is 18.2. The number of fused-ring (bicyclic) bond motifs is 1. The number of anilines is 2. The number of benzene rings is 1. The van der Waals surface area contributed by atoms with Gasteiger partial charge >= 0.3 is 5.97 Å². The van der Waals surface area contributed by atoms with Crippen LogP contribution >= 0.6 is 23.7 Å². The number of hydrogen-bond donors (Lipinski definition) is 1. The molecule has 3 rings (SSSR count). The van der Waals surface area contributed by atoms with E-state index in [-0.39, 0.29) is 18.4 Å². The van der Waals surface area contributed by atoms with Crippen LogP contribution in [0.4, 0.5) is 11.5 Å². The predicted octanol–water partition coefficient (Wildman–Crippen LogP) is 4.60. The Morgan fingerprint density at radius 1 is 1.21 bits per heavy atom. The van der Waals surface area contributed by atoms with E-state index in [1.807, 2.05) is 12.1 Å². The van der Waals surface area contributed by atoms with Crippen LogP contribution in [-0.2, 0) is 11.2 Å². The summed E-state index contributed by atoms with van der Waals surface area (Å²) in [5.74, 6) is 0.462. The molecular weight excluding hydrogens is 346 g/mol. The van der Waals surface area contributed by atoms with Crippen molar-refractivity contribution in [3.8, 4) is 0 Å². The van der Waals surface area contributed by atoms with Gasteiger partial charge in [-0.25, -0.2) is 14.8 Å². The van der Waals surface area contributed by atoms with Crippen molar-refractivity contribution in [3.05, 3.63) is 47.1 Å². The van der Waals surface area contributed by atoms with E-state index < -0.39 is 0 Å². The van der Waals surface area contributed by atoms with Crippen LogP contribution in [0.5, 0.6) is 0 Å². The van der Waals surface area contributed by atoms with Crippen LogP contribution < -0.4 is 5.32 Å². The SMILES string of the molecule is CCOC(=O)c1ccc(Nc2ncnc3sc(CC)cc23)cc1.Cl. The second-order valence-corrected chi connectivity index (χ2v) is 6.05. The lowest BCUT2D eigenvalue weighted by Crippen LogP contribution is -2.04. The van der Waals surface area contributed by atoms with E-state index in [9.17, 15) is 4.79 Å². The van der Waals surface area contributed by atoms with Crippen LogP contribution in [0.2, 0.25) is 0 Å². The molecule has 5 nitrogen and oxygen atoms in total. The summed E-state index contributed by atoms with van der Waals surface area (Å²) in [4.78, 5) is 22.6. The third-order valence-electron chi connectivity index (χ3n) is 3.39. The summed E-state index contributed by atoms with van der Waals surface area (Å²) in [6.07, 6.45) is 2.54. The molecule has 0 aliphatic heterocycles. The molecule has 2 heterocycles. The fourth-order valence-electron chi connectivity index (χ4n) is 2.22. The Bertz CT molecular complexity index is 833. The number of halogens is 1. The van der Waals surface area contributed by atoms with E-state index in [1.165, 1.54) is 4.88 Å². The van der Waals surface area contributed by atoms with E-state index >= 15 is 0 Å². The molecule has 0 radical (unpaired) electrons. The normalized spacial score (nSPS) is 10.2. The highest BCUT2D eigenvalue weighted by molar-refractivity contribution is 7.18. The molecule has 0 saturated heterocycles. The maximum Gasteiger partial charge on any atom is 0.338 e. The molecule has 7 heteroatoms. The van der Waals surface area contributed by atoms with Crippen LogP contribution in [0.1, 0.15) is 29.1 Å². The molecule has 0 saturated carbocycles. The minimum Gasteiger partial charge on any atom is -0.462 e. The molecule has 0 unspecified atom stereocenters. The summed E-state index contributed by atoms with van der Waals surface area (Å²) in [5.41, 5.74) is 1.40. The van der Waals surface area contributed by atoms with Gasteiger partial charge < -0.3 is 10.1 Å². The second kappa shape index (κ2) is 8.08. The summed E-state index contributed by atoms with van der Waals surface area (Å²) < 4.78 is 4.98. The summed E-state index contributed by atoms with van der Waals surface area (Å²) in [5, 5.41) is 4.30. The van der Waals surface area contributed by atoms with Crippen molar-refractivity contribution in [2.24, 2.45) is 0 Å². The van der Waals surface area contributed by atoms with Gasteiger partial charge in [0.2, 0.25) is 0 Å². The maximum absolute atomic E-state index is 11.7. The average Bonchev–Trinajstić information content (AvgIpc) is 3.00. The average molecular weight is 364 g/mol. The molecule has 0 aliphatic rings. The van der Waals surface area contributed by atoms with E-state index in [0.29, 0.717) is 12.2 Å². The van der Waals surface area contributed by atoms with Crippen LogP contribution in [0, 0.1) is 0 Å². The molecule has 0 fully saturated rings. The Labute approximate surface area is 150 Å². The summed E-state index contributed by atoms with van der Waals surface area (Å²) in [6, 6.07) is 9.28. The van der Waals surface area contributed by atoms with Crippen LogP contribution in [0.25, 0.3) is 10.2 Å². The molecule has 1 aromatic carbocycles. The fourth-order valence-corrected chi connectivity index (χ4v) is 3.15. The Balaban J connectivity index is 0.00000208. The minimum atomic E-state index is -0.311. The highest BCUT2D eigenvalue weighted by Crippen LogP contribution is 2.30. The van der Waals surface area contributed by atoms with E-state index in [4.69, 9.17) is 4.74 Å². The van der Waals surface area contributed by atoms with Crippen LogP contribution in [0.3, 0.4) is 0 Å². The van der Waals surface area contributed by atoms with E-state index in [2.05, 4.69) is 28.3 Å². The molecule has 3 aromatic rings. The van der Waals surface area contributed by atoms with Crippen molar-refractivity contribution in [1.29, 1.82) is 0 Å². The number of hydrogen-bond acceptors (Lipinski definition) is 6. The molecule has 0 amide bonds. The van der Waals surface area contributed by atoms with Crippen molar-refractivity contribution < 1.29 is 9.53 Å². The van der Waals surface area contributed by atoms with Crippen molar-refractivity contribution in [2.75, 3.05) is 11.9 Å². The van der Waals surface area contributed by atoms with Gasteiger partial charge in [0.05, 0.1) is 17.6 Å². The molecule has 0 atom stereocenters. The minimum absolute atomic E-state index is 0. The zero-order chi connectivity index (χ0) is 16.2. The number of aryl methyl sites for hydroxylation is 1. The van der Waals surface area contributed by atoms with Gasteiger partial charge in [-0.05, 0) is 43.7 Å². The molecule has 0 bridgehead atoms. The van der Waals surface area contributed by atoms with E-state index in [1.54, 1.807) is 36.7 Å². The molecular formula is C17H18ClN3O2S. The number of aromatic nitrogens is 2. The first-order valence-corrected chi connectivity index (χ1v) is 8.30. The number of thiophene rings is 1. The standard InChI is InChI=1S/C17H17N3O2S.ClH/c1-3-13-9-14-15(18-10-19-16(14)23-13)20-12-7-5-11(6-8-12)17(21)22-4-2;/h5-10H,3-4H2,1-2H3,(H,18,19,20);1H. The van der Waals surface area contributed by atoms with E-state index in [0.717, 1.165) is 28.1 Å². The third kappa shape index (κ3) is 3.83. The number of nitrogens with one attached hydrogen (secondary N) is 1. The van der Waals surface area contributed by atoms with Gasteiger partial charge in [0.25, 0.3) is 0 Å². The molecule has 2 aromatic heterocycles. The molecule has 0 spiro atoms. The lowest BCUT2D eigenvalue weighted by Gasteiger charge is -2.07. The number of carbonyl (C=O) groups is 1. The van der Waals surface area contributed by atoms with Gasteiger partial charge in [-0.2, -0.15) is 0 Å². The van der Waals surface area contributed by atoms with Crippen molar-refractivity contribution in [3.63, 3.8) is 0 Å². The Morgan fingerprint density at radius 3 is 2.62 bits per heavy atom. The monoisotopic (exact) mass is 363 g/mol. The zero-order valence-corrected chi connectivity index (χ0v) is 15.0. The summed E-state index contributed by atoms with van der Waals surface area (Å²) in [7, 11) is 0. The van der Waals surface area contributed by atoms with Crippen LogP contribution in [-0.4, -0.2) is 22.5 Å². The number of esters is 1. The molecule has 24 heavy (non-hydrogen) atoms. The topological polar surface area (TPSA) is 64.1 Å². The van der Waals surface area contributed by atoms with Gasteiger partial charge in [0.15, 0.2) is 0 Å². The summed E-state index contributed by atoms with van der Waals surface area (Å²) >= 11 is 1.68. The van der Waals surface area contributed by atoms with Gasteiger partial charge in [0.1, 0.15) is 17.0 Å². The lowest BCUT2D eigenvalue weighted by atomic mass is 10.2. The highest BCUT2D eigenvalue weighted by atomic mass is 35.5. The predicted molar refractivity (Wildman–Crippen MR) is 99.7 cm³/mol. The molecule has 126 valence electrons. The molecule has 1 N–H and O–H groups in total. The van der Waals surface area contributed by atoms with Gasteiger partial charge in [0, 0.05) is 10.6 Å². The van der Waals surface area contributed by atoms with Crippen molar-refractivity contribution in [2.45, 2.75) is 20.3 Å². The number of carbonyl (C=O) groups excluding carboxylic acids is 1. The number of nitrogens with zero attached hydrogens (tertiary/aromatic N) is 2. The van der Waals surface area contributed by atoms with Gasteiger partial charge in [-0.15, -0.1) is 23.7 Å². The second-order valence-electron chi connectivity index (χ2n) is 4.93.